The Hall–Kier alpha value is -3.27. The summed E-state index contributed by atoms with van der Waals surface area (Å²) in [4.78, 5) is 36.7. The average molecular weight is 462 g/mol. The standard InChI is InChI=1S/C23H32FN5O4/c1-4-6-8-17(14-28(33)15-30)22(31)27-21(16(3)5-2)23(32)26-18-9-10-20(19(24)13-18)29-12-7-11-25-29/h7,9-13,15-17,21,33H,4-6,8,14H2,1-3H3,(H,26,32)(H,27,31)/t16?,17-,21+/m1/s1. The number of hydrogen-bond acceptors (Lipinski definition) is 5. The van der Waals surface area contributed by atoms with Gasteiger partial charge in [-0.15, -0.1) is 0 Å². The Labute approximate surface area is 192 Å². The van der Waals surface area contributed by atoms with E-state index in [1.165, 1.54) is 23.0 Å². The zero-order valence-corrected chi connectivity index (χ0v) is 19.2. The maximum Gasteiger partial charge on any atom is 0.247 e. The average Bonchev–Trinajstić information content (AvgIpc) is 3.33. The van der Waals surface area contributed by atoms with Gasteiger partial charge in [0.05, 0.1) is 12.5 Å². The molecule has 0 spiro atoms. The summed E-state index contributed by atoms with van der Waals surface area (Å²) < 4.78 is 15.9. The number of halogens is 1. The van der Waals surface area contributed by atoms with Crippen LogP contribution in [0.4, 0.5) is 10.1 Å². The molecule has 3 N–H and O–H groups in total. The highest BCUT2D eigenvalue weighted by atomic mass is 19.1. The van der Waals surface area contributed by atoms with Crippen molar-refractivity contribution in [3.05, 3.63) is 42.5 Å². The zero-order valence-electron chi connectivity index (χ0n) is 19.2. The van der Waals surface area contributed by atoms with Crippen molar-refractivity contribution in [2.75, 3.05) is 11.9 Å². The first-order valence-electron chi connectivity index (χ1n) is 11.1. The van der Waals surface area contributed by atoms with Crippen LogP contribution in [0.1, 0.15) is 46.5 Å². The lowest BCUT2D eigenvalue weighted by atomic mass is 9.95. The summed E-state index contributed by atoms with van der Waals surface area (Å²) in [6, 6.07) is 5.06. The smallest absolute Gasteiger partial charge is 0.247 e. The van der Waals surface area contributed by atoms with Crippen molar-refractivity contribution in [1.82, 2.24) is 20.2 Å². The molecule has 2 aromatic rings. The number of nitrogens with one attached hydrogen (secondary N) is 2. The number of benzene rings is 1. The number of hydrogen-bond donors (Lipinski definition) is 3. The summed E-state index contributed by atoms with van der Waals surface area (Å²) in [6.45, 7) is 5.53. The van der Waals surface area contributed by atoms with Gasteiger partial charge in [0.2, 0.25) is 18.2 Å². The van der Waals surface area contributed by atoms with Crippen LogP contribution in [0.2, 0.25) is 0 Å². The van der Waals surface area contributed by atoms with Crippen LogP contribution in [0.5, 0.6) is 0 Å². The van der Waals surface area contributed by atoms with E-state index in [1.54, 1.807) is 18.3 Å². The fraction of sp³-hybridized carbons (Fsp3) is 0.478. The molecule has 10 heteroatoms. The Morgan fingerprint density at radius 3 is 2.64 bits per heavy atom. The highest BCUT2D eigenvalue weighted by molar-refractivity contribution is 5.97. The number of rotatable bonds is 13. The fourth-order valence-electron chi connectivity index (χ4n) is 3.40. The molecular formula is C23H32FN5O4. The van der Waals surface area contributed by atoms with Gasteiger partial charge in [0, 0.05) is 18.1 Å². The number of hydroxylamine groups is 2. The molecule has 1 unspecified atom stereocenters. The maximum absolute atomic E-state index is 14.5. The summed E-state index contributed by atoms with van der Waals surface area (Å²) >= 11 is 0. The van der Waals surface area contributed by atoms with E-state index >= 15 is 0 Å². The first-order chi connectivity index (χ1) is 15.8. The molecule has 0 aliphatic heterocycles. The van der Waals surface area contributed by atoms with Crippen molar-refractivity contribution >= 4 is 23.9 Å². The number of carbonyl (C=O) groups is 3. The van der Waals surface area contributed by atoms with Crippen molar-refractivity contribution in [2.24, 2.45) is 11.8 Å². The van der Waals surface area contributed by atoms with Crippen molar-refractivity contribution in [2.45, 2.75) is 52.5 Å². The molecular weight excluding hydrogens is 429 g/mol. The van der Waals surface area contributed by atoms with E-state index in [0.717, 1.165) is 12.8 Å². The SMILES string of the molecule is CCCC[C@H](CN(O)C=O)C(=O)N[C@H](C(=O)Nc1ccc(-n2cccn2)c(F)c1)C(C)CC. The lowest BCUT2D eigenvalue weighted by molar-refractivity contribution is -0.155. The van der Waals surface area contributed by atoms with Crippen LogP contribution in [0.25, 0.3) is 5.69 Å². The van der Waals surface area contributed by atoms with Gasteiger partial charge in [-0.05, 0) is 36.6 Å². The molecule has 1 heterocycles. The monoisotopic (exact) mass is 461 g/mol. The topological polar surface area (TPSA) is 117 Å². The van der Waals surface area contributed by atoms with Crippen LogP contribution >= 0.6 is 0 Å². The number of nitrogens with zero attached hydrogens (tertiary/aromatic N) is 3. The summed E-state index contributed by atoms with van der Waals surface area (Å²) in [7, 11) is 0. The van der Waals surface area contributed by atoms with Gasteiger partial charge in [-0.2, -0.15) is 5.10 Å². The minimum absolute atomic E-state index is 0.162. The fourth-order valence-corrected chi connectivity index (χ4v) is 3.40. The van der Waals surface area contributed by atoms with E-state index in [4.69, 9.17) is 0 Å². The zero-order chi connectivity index (χ0) is 24.4. The van der Waals surface area contributed by atoms with Crippen LogP contribution in [0.3, 0.4) is 0 Å². The number of anilines is 1. The third-order valence-electron chi connectivity index (χ3n) is 5.57. The van der Waals surface area contributed by atoms with Gasteiger partial charge in [-0.1, -0.05) is 40.0 Å². The highest BCUT2D eigenvalue weighted by Crippen LogP contribution is 2.19. The van der Waals surface area contributed by atoms with Gasteiger partial charge >= 0.3 is 0 Å². The second-order valence-corrected chi connectivity index (χ2v) is 8.04. The third kappa shape index (κ3) is 7.38. The molecule has 2 rings (SSSR count). The minimum Gasteiger partial charge on any atom is -0.344 e. The van der Waals surface area contributed by atoms with E-state index in [2.05, 4.69) is 15.7 Å². The minimum atomic E-state index is -0.871. The summed E-state index contributed by atoms with van der Waals surface area (Å²) in [5.41, 5.74) is 0.494. The Morgan fingerprint density at radius 1 is 1.30 bits per heavy atom. The van der Waals surface area contributed by atoms with Gasteiger partial charge in [0.15, 0.2) is 5.82 Å². The van der Waals surface area contributed by atoms with Gasteiger partial charge < -0.3 is 10.6 Å². The lowest BCUT2D eigenvalue weighted by Gasteiger charge is -2.27. The van der Waals surface area contributed by atoms with E-state index < -0.39 is 29.6 Å². The van der Waals surface area contributed by atoms with Crippen LogP contribution in [-0.4, -0.2) is 50.9 Å². The molecule has 3 atom stereocenters. The Balaban J connectivity index is 2.14. The second kappa shape index (κ2) is 12.7. The second-order valence-electron chi connectivity index (χ2n) is 8.04. The Bertz CT molecular complexity index is 922. The first-order valence-corrected chi connectivity index (χ1v) is 11.1. The molecule has 0 aliphatic carbocycles. The van der Waals surface area contributed by atoms with Crippen LogP contribution in [0, 0.1) is 17.7 Å². The number of unbranched alkanes of at least 4 members (excludes halogenated alkanes) is 1. The highest BCUT2D eigenvalue weighted by Gasteiger charge is 2.30. The van der Waals surface area contributed by atoms with E-state index in [0.29, 0.717) is 17.9 Å². The molecule has 0 saturated carbocycles. The van der Waals surface area contributed by atoms with Gasteiger partial charge in [-0.25, -0.2) is 14.1 Å². The molecule has 3 amide bonds. The molecule has 0 radical (unpaired) electrons. The first kappa shape index (κ1) is 26.0. The molecule has 0 fully saturated rings. The van der Waals surface area contributed by atoms with Crippen molar-refractivity contribution < 1.29 is 24.0 Å². The molecule has 9 nitrogen and oxygen atoms in total. The summed E-state index contributed by atoms with van der Waals surface area (Å²) in [6.07, 6.45) is 6.03. The van der Waals surface area contributed by atoms with Gasteiger partial charge in [0.1, 0.15) is 11.7 Å². The quantitative estimate of drug-likeness (QED) is 0.241. The molecule has 180 valence electrons. The van der Waals surface area contributed by atoms with Crippen molar-refractivity contribution in [3.63, 3.8) is 0 Å². The molecule has 0 saturated heterocycles. The molecule has 0 bridgehead atoms. The summed E-state index contributed by atoms with van der Waals surface area (Å²) in [5, 5.41) is 19.4. The number of aromatic nitrogens is 2. The maximum atomic E-state index is 14.5. The van der Waals surface area contributed by atoms with E-state index in [9.17, 15) is 24.0 Å². The molecule has 1 aromatic carbocycles. The Kier molecular flexibility index (Phi) is 9.99. The molecule has 33 heavy (non-hydrogen) atoms. The van der Waals surface area contributed by atoms with Gasteiger partial charge in [-0.3, -0.25) is 19.6 Å². The third-order valence-corrected chi connectivity index (χ3v) is 5.57. The van der Waals surface area contributed by atoms with Crippen LogP contribution < -0.4 is 10.6 Å². The normalized spacial score (nSPS) is 13.6. The predicted octanol–water partition coefficient (Wildman–Crippen LogP) is 3.13. The van der Waals surface area contributed by atoms with Gasteiger partial charge in [0.25, 0.3) is 0 Å². The van der Waals surface area contributed by atoms with Crippen LogP contribution in [0.15, 0.2) is 36.7 Å². The largest absolute Gasteiger partial charge is 0.344 e. The summed E-state index contributed by atoms with van der Waals surface area (Å²) in [5.74, 6) is -2.33. The van der Waals surface area contributed by atoms with Crippen molar-refractivity contribution in [1.29, 1.82) is 0 Å². The Morgan fingerprint density at radius 2 is 2.06 bits per heavy atom. The predicted molar refractivity (Wildman–Crippen MR) is 121 cm³/mol. The van der Waals surface area contributed by atoms with Crippen LogP contribution in [-0.2, 0) is 14.4 Å². The lowest BCUT2D eigenvalue weighted by Crippen LogP contribution is -2.50. The molecule has 0 aliphatic rings. The number of carbonyl (C=O) groups excluding carboxylic acids is 3. The molecule has 1 aromatic heterocycles. The van der Waals surface area contributed by atoms with E-state index in [1.807, 2.05) is 20.8 Å². The number of amides is 3. The van der Waals surface area contributed by atoms with Crippen molar-refractivity contribution in [3.8, 4) is 5.69 Å². The van der Waals surface area contributed by atoms with E-state index in [-0.39, 0.29) is 30.2 Å².